The highest BCUT2D eigenvalue weighted by Crippen LogP contribution is 2.24. The Labute approximate surface area is 114 Å². The van der Waals surface area contributed by atoms with Crippen LogP contribution < -0.4 is 10.1 Å². The van der Waals surface area contributed by atoms with E-state index in [1.54, 1.807) is 0 Å². The first-order valence-electron chi connectivity index (χ1n) is 5.98. The minimum atomic E-state index is -0.481. The summed E-state index contributed by atoms with van der Waals surface area (Å²) in [5, 5.41) is 20.3. The first-order chi connectivity index (χ1) is 9.70. The molecule has 0 saturated heterocycles. The summed E-state index contributed by atoms with van der Waals surface area (Å²) < 4.78 is 4.96. The number of ether oxygens (including phenoxy) is 1. The molecule has 2 aromatic rings. The van der Waals surface area contributed by atoms with Crippen LogP contribution in [0.2, 0.25) is 0 Å². The molecule has 0 aliphatic heterocycles. The van der Waals surface area contributed by atoms with E-state index in [0.717, 1.165) is 12.2 Å². The first kappa shape index (κ1) is 13.7. The fourth-order valence-electron chi connectivity index (χ4n) is 1.64. The summed E-state index contributed by atoms with van der Waals surface area (Å²) in [5.41, 5.74) is -0.0783. The minimum absolute atomic E-state index is 0.0783. The number of aromatic nitrogens is 4. The average Bonchev–Trinajstić information content (AvgIpc) is 2.96. The van der Waals surface area contributed by atoms with Crippen LogP contribution in [0.4, 0.5) is 11.5 Å². The number of pyridine rings is 1. The SMILES string of the molecule is COc1ccc([N+](=O)[O-])c(NCCCc2ncn[nH]2)n1. The topological polar surface area (TPSA) is 119 Å². The molecule has 20 heavy (non-hydrogen) atoms. The van der Waals surface area contributed by atoms with Crippen LogP contribution in [-0.2, 0) is 6.42 Å². The predicted octanol–water partition coefficient (Wildman–Crippen LogP) is 1.16. The van der Waals surface area contributed by atoms with E-state index in [2.05, 4.69) is 25.5 Å². The van der Waals surface area contributed by atoms with Gasteiger partial charge in [0.15, 0.2) is 0 Å². The number of H-pyrrole nitrogens is 1. The first-order valence-corrected chi connectivity index (χ1v) is 5.98. The van der Waals surface area contributed by atoms with Gasteiger partial charge < -0.3 is 10.1 Å². The van der Waals surface area contributed by atoms with Gasteiger partial charge in [-0.1, -0.05) is 0 Å². The van der Waals surface area contributed by atoms with Gasteiger partial charge in [0.2, 0.25) is 11.7 Å². The Morgan fingerprint density at radius 3 is 3.00 bits per heavy atom. The second-order valence-corrected chi connectivity index (χ2v) is 3.94. The molecule has 0 radical (unpaired) electrons. The molecule has 0 aliphatic carbocycles. The highest BCUT2D eigenvalue weighted by molar-refractivity contribution is 5.56. The number of hydrogen-bond donors (Lipinski definition) is 2. The number of nitrogens with one attached hydrogen (secondary N) is 2. The van der Waals surface area contributed by atoms with Gasteiger partial charge in [0.25, 0.3) is 0 Å². The van der Waals surface area contributed by atoms with Crippen molar-refractivity contribution >= 4 is 11.5 Å². The van der Waals surface area contributed by atoms with E-state index in [0.29, 0.717) is 18.8 Å². The Morgan fingerprint density at radius 2 is 2.35 bits per heavy atom. The summed E-state index contributed by atoms with van der Waals surface area (Å²) in [7, 11) is 1.46. The Kier molecular flexibility index (Phi) is 4.43. The van der Waals surface area contributed by atoms with Crippen molar-refractivity contribution in [1.29, 1.82) is 0 Å². The third-order valence-electron chi connectivity index (χ3n) is 2.60. The largest absolute Gasteiger partial charge is 0.481 e. The molecule has 2 aromatic heterocycles. The molecule has 9 heteroatoms. The van der Waals surface area contributed by atoms with Crippen molar-refractivity contribution < 1.29 is 9.66 Å². The van der Waals surface area contributed by atoms with E-state index in [1.807, 2.05) is 0 Å². The minimum Gasteiger partial charge on any atom is -0.481 e. The number of nitrogens with zero attached hydrogens (tertiary/aromatic N) is 4. The van der Waals surface area contributed by atoms with Crippen molar-refractivity contribution in [3.8, 4) is 5.88 Å². The fourth-order valence-corrected chi connectivity index (χ4v) is 1.64. The molecule has 2 rings (SSSR count). The van der Waals surface area contributed by atoms with Crippen LogP contribution in [0.25, 0.3) is 0 Å². The number of aromatic amines is 1. The summed E-state index contributed by atoms with van der Waals surface area (Å²) in [4.78, 5) is 18.5. The summed E-state index contributed by atoms with van der Waals surface area (Å²) in [6, 6.07) is 2.82. The van der Waals surface area contributed by atoms with Gasteiger partial charge in [0.05, 0.1) is 12.0 Å². The van der Waals surface area contributed by atoms with Crippen LogP contribution in [0.15, 0.2) is 18.5 Å². The van der Waals surface area contributed by atoms with Crippen molar-refractivity contribution in [2.75, 3.05) is 19.0 Å². The smallest absolute Gasteiger partial charge is 0.311 e. The van der Waals surface area contributed by atoms with Gasteiger partial charge in [-0.05, 0) is 6.42 Å². The van der Waals surface area contributed by atoms with E-state index in [4.69, 9.17) is 4.74 Å². The van der Waals surface area contributed by atoms with Crippen molar-refractivity contribution in [3.63, 3.8) is 0 Å². The molecule has 0 atom stereocenters. The molecule has 0 spiro atoms. The van der Waals surface area contributed by atoms with E-state index in [1.165, 1.54) is 25.6 Å². The quantitative estimate of drug-likeness (QED) is 0.443. The zero-order chi connectivity index (χ0) is 14.4. The maximum absolute atomic E-state index is 10.9. The number of anilines is 1. The van der Waals surface area contributed by atoms with Crippen LogP contribution in [0.1, 0.15) is 12.2 Å². The molecule has 0 aromatic carbocycles. The van der Waals surface area contributed by atoms with Crippen LogP contribution >= 0.6 is 0 Å². The summed E-state index contributed by atoms with van der Waals surface area (Å²) in [6.45, 7) is 0.529. The molecule has 0 unspecified atom stereocenters. The maximum Gasteiger partial charge on any atom is 0.311 e. The summed E-state index contributed by atoms with van der Waals surface area (Å²) >= 11 is 0. The van der Waals surface area contributed by atoms with Crippen LogP contribution in [0.5, 0.6) is 5.88 Å². The Bertz CT molecular complexity index is 572. The van der Waals surface area contributed by atoms with Gasteiger partial charge in [-0.3, -0.25) is 15.2 Å². The summed E-state index contributed by atoms with van der Waals surface area (Å²) in [5.74, 6) is 1.31. The van der Waals surface area contributed by atoms with Crippen molar-refractivity contribution in [2.45, 2.75) is 12.8 Å². The van der Waals surface area contributed by atoms with Gasteiger partial charge in [-0.25, -0.2) is 4.98 Å². The average molecular weight is 278 g/mol. The third kappa shape index (κ3) is 3.40. The van der Waals surface area contributed by atoms with Gasteiger partial charge in [0.1, 0.15) is 12.2 Å². The highest BCUT2D eigenvalue weighted by Gasteiger charge is 2.15. The fraction of sp³-hybridized carbons (Fsp3) is 0.364. The number of rotatable bonds is 7. The number of aryl methyl sites for hydroxylation is 1. The monoisotopic (exact) mass is 278 g/mol. The molecule has 0 fully saturated rings. The van der Waals surface area contributed by atoms with Crippen LogP contribution in [0, 0.1) is 10.1 Å². The molecule has 0 amide bonds. The van der Waals surface area contributed by atoms with E-state index in [9.17, 15) is 10.1 Å². The lowest BCUT2D eigenvalue weighted by Crippen LogP contribution is -2.08. The van der Waals surface area contributed by atoms with Gasteiger partial charge in [0, 0.05) is 25.1 Å². The second-order valence-electron chi connectivity index (χ2n) is 3.94. The Morgan fingerprint density at radius 1 is 1.50 bits per heavy atom. The number of nitro groups is 1. The molecule has 106 valence electrons. The molecule has 0 bridgehead atoms. The summed E-state index contributed by atoms with van der Waals surface area (Å²) in [6.07, 6.45) is 2.88. The second kappa shape index (κ2) is 6.45. The third-order valence-corrected chi connectivity index (χ3v) is 2.60. The van der Waals surface area contributed by atoms with E-state index >= 15 is 0 Å². The van der Waals surface area contributed by atoms with Crippen LogP contribution in [0.3, 0.4) is 0 Å². The van der Waals surface area contributed by atoms with Gasteiger partial charge >= 0.3 is 5.69 Å². The number of hydrogen-bond acceptors (Lipinski definition) is 7. The van der Waals surface area contributed by atoms with Gasteiger partial charge in [-0.2, -0.15) is 10.1 Å². The molecule has 9 nitrogen and oxygen atoms in total. The highest BCUT2D eigenvalue weighted by atomic mass is 16.6. The molecule has 2 heterocycles. The maximum atomic E-state index is 10.9. The lowest BCUT2D eigenvalue weighted by atomic mass is 10.3. The molecular weight excluding hydrogens is 264 g/mol. The predicted molar refractivity (Wildman–Crippen MR) is 70.6 cm³/mol. The Hall–Kier alpha value is -2.71. The standard InChI is InChI=1S/C11H14N6O3/c1-20-10-5-4-8(17(18)19)11(15-10)12-6-2-3-9-13-7-14-16-9/h4-5,7H,2-3,6H2,1H3,(H,12,15)(H,13,14,16). The molecule has 2 N–H and O–H groups in total. The zero-order valence-electron chi connectivity index (χ0n) is 10.9. The van der Waals surface area contributed by atoms with Gasteiger partial charge in [-0.15, -0.1) is 0 Å². The van der Waals surface area contributed by atoms with Crippen molar-refractivity contribution in [2.24, 2.45) is 0 Å². The molecule has 0 aliphatic rings. The van der Waals surface area contributed by atoms with E-state index in [-0.39, 0.29) is 11.5 Å². The normalized spacial score (nSPS) is 10.2. The van der Waals surface area contributed by atoms with Crippen LogP contribution in [-0.4, -0.2) is 38.7 Å². The zero-order valence-corrected chi connectivity index (χ0v) is 10.9. The van der Waals surface area contributed by atoms with E-state index < -0.39 is 4.92 Å². The lowest BCUT2D eigenvalue weighted by molar-refractivity contribution is -0.384. The lowest BCUT2D eigenvalue weighted by Gasteiger charge is -2.07. The Balaban J connectivity index is 1.95. The molecule has 0 saturated carbocycles. The number of methoxy groups -OCH3 is 1. The van der Waals surface area contributed by atoms with Crippen molar-refractivity contribution in [1.82, 2.24) is 20.2 Å². The molecular formula is C11H14N6O3. The van der Waals surface area contributed by atoms with Crippen molar-refractivity contribution in [3.05, 3.63) is 34.4 Å².